The fraction of sp³-hybridized carbons (Fsp3) is 0.0714. The summed E-state index contributed by atoms with van der Waals surface area (Å²) in [5.41, 5.74) is 8.02. The largest absolute Gasteiger partial charge is 0.399 e. The Kier molecular flexibility index (Phi) is 3.77. The van der Waals surface area contributed by atoms with Crippen LogP contribution in [0.25, 0.3) is 11.4 Å². The van der Waals surface area contributed by atoms with Gasteiger partial charge in [-0.15, -0.1) is 5.10 Å². The van der Waals surface area contributed by atoms with Crippen molar-refractivity contribution in [2.24, 2.45) is 0 Å². The molecule has 2 aromatic carbocycles. The van der Waals surface area contributed by atoms with Gasteiger partial charge in [0.2, 0.25) is 0 Å². The number of aromatic nitrogens is 4. The second-order valence-corrected chi connectivity index (χ2v) is 5.30. The van der Waals surface area contributed by atoms with Gasteiger partial charge in [0.15, 0.2) is 5.82 Å². The lowest BCUT2D eigenvalue weighted by molar-refractivity contribution is 0.653. The molecule has 1 aromatic heterocycles. The zero-order valence-electron chi connectivity index (χ0n) is 10.9. The molecule has 1 heterocycles. The second kappa shape index (κ2) is 5.71. The summed E-state index contributed by atoms with van der Waals surface area (Å²) in [5.74, 6) is 0.526. The van der Waals surface area contributed by atoms with Gasteiger partial charge >= 0.3 is 0 Å². The first kappa shape index (κ1) is 13.9. The van der Waals surface area contributed by atoms with E-state index in [4.69, 9.17) is 28.9 Å². The summed E-state index contributed by atoms with van der Waals surface area (Å²) < 4.78 is 1.66. The van der Waals surface area contributed by atoms with Gasteiger partial charge in [-0.1, -0.05) is 53.5 Å². The lowest BCUT2D eigenvalue weighted by atomic mass is 10.1. The molecule has 3 rings (SSSR count). The summed E-state index contributed by atoms with van der Waals surface area (Å²) in [6.45, 7) is 0.534. The van der Waals surface area contributed by atoms with E-state index in [1.54, 1.807) is 16.8 Å². The summed E-state index contributed by atoms with van der Waals surface area (Å²) in [7, 11) is 0. The van der Waals surface area contributed by atoms with E-state index in [-0.39, 0.29) is 0 Å². The predicted octanol–water partition coefficient (Wildman–Crippen LogP) is 3.28. The van der Waals surface area contributed by atoms with Crippen LogP contribution in [-0.4, -0.2) is 20.2 Å². The highest BCUT2D eigenvalue weighted by Gasteiger charge is 2.15. The maximum atomic E-state index is 6.24. The van der Waals surface area contributed by atoms with Gasteiger partial charge in [0.1, 0.15) is 0 Å². The average Bonchev–Trinajstić information content (AvgIpc) is 2.92. The third kappa shape index (κ3) is 2.84. The fourth-order valence-corrected chi connectivity index (χ4v) is 2.45. The van der Waals surface area contributed by atoms with Crippen LogP contribution in [0.2, 0.25) is 10.0 Å². The Bertz CT molecular complexity index is 770. The van der Waals surface area contributed by atoms with Gasteiger partial charge in [0.25, 0.3) is 0 Å². The molecule has 0 atom stereocenters. The van der Waals surface area contributed by atoms with Gasteiger partial charge in [-0.25, -0.2) is 4.68 Å². The Balaban J connectivity index is 2.04. The third-order valence-corrected chi connectivity index (χ3v) is 3.80. The van der Waals surface area contributed by atoms with E-state index in [1.165, 1.54) is 0 Å². The smallest absolute Gasteiger partial charge is 0.183 e. The predicted molar refractivity (Wildman–Crippen MR) is 83.2 cm³/mol. The Morgan fingerprint density at radius 1 is 1.10 bits per heavy atom. The van der Waals surface area contributed by atoms with Crippen molar-refractivity contribution in [3.63, 3.8) is 0 Å². The molecule has 3 aromatic rings. The van der Waals surface area contributed by atoms with Crippen molar-refractivity contribution in [2.75, 3.05) is 5.73 Å². The fourth-order valence-electron chi connectivity index (χ4n) is 2.03. The van der Waals surface area contributed by atoms with Gasteiger partial charge in [-0.05, 0) is 28.1 Å². The van der Waals surface area contributed by atoms with Crippen LogP contribution in [0, 0.1) is 0 Å². The molecular formula is C14H11Cl2N5. The van der Waals surface area contributed by atoms with E-state index in [2.05, 4.69) is 15.5 Å². The SMILES string of the molecule is Nc1cc(Cl)c(Cl)c(-c2nnnn2Cc2ccccc2)c1. The van der Waals surface area contributed by atoms with Crippen molar-refractivity contribution in [3.05, 3.63) is 58.1 Å². The molecule has 21 heavy (non-hydrogen) atoms. The van der Waals surface area contributed by atoms with Crippen LogP contribution < -0.4 is 5.73 Å². The van der Waals surface area contributed by atoms with Crippen molar-refractivity contribution >= 4 is 28.9 Å². The maximum Gasteiger partial charge on any atom is 0.183 e. The summed E-state index contributed by atoms with van der Waals surface area (Å²) in [6, 6.07) is 13.2. The standard InChI is InChI=1S/C14H11Cl2N5/c15-12-7-10(17)6-11(13(12)16)14-18-19-20-21(14)8-9-4-2-1-3-5-9/h1-7H,8,17H2. The van der Waals surface area contributed by atoms with Gasteiger partial charge in [-0.2, -0.15) is 0 Å². The molecule has 0 aliphatic heterocycles. The molecule has 0 saturated heterocycles. The minimum Gasteiger partial charge on any atom is -0.399 e. The minimum absolute atomic E-state index is 0.376. The molecule has 0 spiro atoms. The molecule has 7 heteroatoms. The molecule has 106 valence electrons. The Morgan fingerprint density at radius 3 is 2.62 bits per heavy atom. The van der Waals surface area contributed by atoms with E-state index in [0.717, 1.165) is 5.56 Å². The molecule has 0 aliphatic carbocycles. The molecule has 0 bridgehead atoms. The van der Waals surface area contributed by atoms with Gasteiger partial charge in [-0.3, -0.25) is 0 Å². The number of rotatable bonds is 3. The molecule has 0 amide bonds. The highest BCUT2D eigenvalue weighted by atomic mass is 35.5. The quantitative estimate of drug-likeness (QED) is 0.752. The second-order valence-electron chi connectivity index (χ2n) is 4.51. The van der Waals surface area contributed by atoms with E-state index in [9.17, 15) is 0 Å². The van der Waals surface area contributed by atoms with Crippen molar-refractivity contribution < 1.29 is 0 Å². The number of anilines is 1. The zero-order valence-corrected chi connectivity index (χ0v) is 12.4. The summed E-state index contributed by atoms with van der Waals surface area (Å²) in [5, 5.41) is 12.5. The molecule has 0 aliphatic rings. The van der Waals surface area contributed by atoms with Crippen molar-refractivity contribution in [1.82, 2.24) is 20.2 Å². The van der Waals surface area contributed by atoms with Crippen LogP contribution in [0.4, 0.5) is 5.69 Å². The minimum atomic E-state index is 0.376. The van der Waals surface area contributed by atoms with Crippen LogP contribution in [0.15, 0.2) is 42.5 Å². The number of nitrogen functional groups attached to an aromatic ring is 1. The maximum absolute atomic E-state index is 6.24. The van der Waals surface area contributed by atoms with E-state index >= 15 is 0 Å². The third-order valence-electron chi connectivity index (χ3n) is 3.00. The first-order chi connectivity index (χ1) is 10.1. The number of nitrogens with zero attached hydrogens (tertiary/aromatic N) is 4. The number of hydrogen-bond donors (Lipinski definition) is 1. The molecule has 0 unspecified atom stereocenters. The molecular weight excluding hydrogens is 309 g/mol. The Hall–Kier alpha value is -2.11. The molecule has 0 saturated carbocycles. The Morgan fingerprint density at radius 2 is 1.86 bits per heavy atom. The van der Waals surface area contributed by atoms with E-state index in [0.29, 0.717) is 33.7 Å². The van der Waals surface area contributed by atoms with Gasteiger partial charge < -0.3 is 5.73 Å². The lowest BCUT2D eigenvalue weighted by Gasteiger charge is -2.08. The number of nitrogens with two attached hydrogens (primary N) is 1. The normalized spacial score (nSPS) is 10.8. The number of hydrogen-bond acceptors (Lipinski definition) is 4. The first-order valence-electron chi connectivity index (χ1n) is 6.20. The molecule has 5 nitrogen and oxygen atoms in total. The van der Waals surface area contributed by atoms with Crippen molar-refractivity contribution in [1.29, 1.82) is 0 Å². The topological polar surface area (TPSA) is 69.6 Å². The number of halogens is 2. The van der Waals surface area contributed by atoms with Gasteiger partial charge in [0, 0.05) is 11.3 Å². The van der Waals surface area contributed by atoms with Crippen LogP contribution in [0.3, 0.4) is 0 Å². The summed E-state index contributed by atoms with van der Waals surface area (Å²) in [6.07, 6.45) is 0. The number of benzene rings is 2. The van der Waals surface area contributed by atoms with E-state index < -0.39 is 0 Å². The highest BCUT2D eigenvalue weighted by Crippen LogP contribution is 2.34. The van der Waals surface area contributed by atoms with Crippen LogP contribution in [-0.2, 0) is 6.54 Å². The molecule has 0 fully saturated rings. The monoisotopic (exact) mass is 319 g/mol. The van der Waals surface area contributed by atoms with Crippen molar-refractivity contribution in [2.45, 2.75) is 6.54 Å². The molecule has 0 radical (unpaired) electrons. The zero-order chi connectivity index (χ0) is 14.8. The molecule has 2 N–H and O–H groups in total. The van der Waals surface area contributed by atoms with Crippen molar-refractivity contribution in [3.8, 4) is 11.4 Å². The van der Waals surface area contributed by atoms with Crippen LogP contribution in [0.1, 0.15) is 5.56 Å². The summed E-state index contributed by atoms with van der Waals surface area (Å²) in [4.78, 5) is 0. The van der Waals surface area contributed by atoms with Gasteiger partial charge in [0.05, 0.1) is 16.6 Å². The number of tetrazole rings is 1. The first-order valence-corrected chi connectivity index (χ1v) is 6.95. The highest BCUT2D eigenvalue weighted by molar-refractivity contribution is 6.43. The van der Waals surface area contributed by atoms with Crippen LogP contribution in [0.5, 0.6) is 0 Å². The lowest BCUT2D eigenvalue weighted by Crippen LogP contribution is -2.05. The van der Waals surface area contributed by atoms with Crippen LogP contribution >= 0.6 is 23.2 Å². The average molecular weight is 320 g/mol. The Labute approximate surface area is 131 Å². The summed E-state index contributed by atoms with van der Waals surface area (Å²) >= 11 is 12.3. The van der Waals surface area contributed by atoms with E-state index in [1.807, 2.05) is 30.3 Å².